The lowest BCUT2D eigenvalue weighted by Gasteiger charge is -2.12. The Bertz CT molecular complexity index is 1750. The number of carbonyl (C=O) groups is 1. The van der Waals surface area contributed by atoms with Crippen LogP contribution in [0.25, 0.3) is 22.3 Å². The molecule has 13 heteroatoms. The minimum absolute atomic E-state index is 0.122. The minimum Gasteiger partial charge on any atom is -0.345 e. The fourth-order valence-corrected chi connectivity index (χ4v) is 5.25. The van der Waals surface area contributed by atoms with Gasteiger partial charge in [-0.3, -0.25) is 9.52 Å². The molecule has 0 saturated carbocycles. The van der Waals surface area contributed by atoms with Gasteiger partial charge in [-0.25, -0.2) is 35.9 Å². The van der Waals surface area contributed by atoms with Gasteiger partial charge in [0.15, 0.2) is 5.82 Å². The Morgan fingerprint density at radius 1 is 1.00 bits per heavy atom. The van der Waals surface area contributed by atoms with Crippen LogP contribution in [0.2, 0.25) is 0 Å². The summed E-state index contributed by atoms with van der Waals surface area (Å²) in [6, 6.07) is 4.70. The van der Waals surface area contributed by atoms with E-state index in [2.05, 4.69) is 15.0 Å². The fourth-order valence-electron chi connectivity index (χ4n) is 3.54. The van der Waals surface area contributed by atoms with Gasteiger partial charge in [0, 0.05) is 34.3 Å². The molecule has 0 fully saturated rings. The largest absolute Gasteiger partial charge is 0.345 e. The lowest BCUT2D eigenvalue weighted by atomic mass is 10.0. The van der Waals surface area contributed by atoms with Gasteiger partial charge in [-0.05, 0) is 36.4 Å². The van der Waals surface area contributed by atoms with E-state index in [0.29, 0.717) is 35.5 Å². The number of H-pyrrole nitrogens is 1. The van der Waals surface area contributed by atoms with Crippen molar-refractivity contribution in [3.05, 3.63) is 94.1 Å². The number of nitrogens with one attached hydrogen (secondary N) is 2. The Labute approximate surface area is 204 Å². The maximum atomic E-state index is 15.3. The molecule has 3 heterocycles. The molecule has 5 rings (SSSR count). The topological polar surface area (TPSA) is 105 Å². The molecule has 182 valence electrons. The lowest BCUT2D eigenvalue weighted by molar-refractivity contribution is 0.103. The van der Waals surface area contributed by atoms with Gasteiger partial charge < -0.3 is 4.98 Å². The first-order valence-electron chi connectivity index (χ1n) is 10.0. The number of sulfonamides is 1. The molecule has 5 aromatic rings. The van der Waals surface area contributed by atoms with Gasteiger partial charge in [0.2, 0.25) is 5.78 Å². The van der Waals surface area contributed by atoms with Crippen molar-refractivity contribution in [2.45, 2.75) is 4.90 Å². The zero-order valence-corrected chi connectivity index (χ0v) is 19.4. The van der Waals surface area contributed by atoms with E-state index in [1.807, 2.05) is 0 Å². The SMILES string of the molecule is O=C(c1c(F)ccc(NS(=O)(=O)c2cc(F)ccc2F)c1F)c1c[nH]c2ncc(-c3cscn3)cc12. The summed E-state index contributed by atoms with van der Waals surface area (Å²) in [7, 11) is -4.82. The predicted molar refractivity (Wildman–Crippen MR) is 124 cm³/mol. The quantitative estimate of drug-likeness (QED) is 0.229. The number of halogens is 4. The summed E-state index contributed by atoms with van der Waals surface area (Å²) in [4.78, 5) is 23.3. The van der Waals surface area contributed by atoms with Crippen molar-refractivity contribution in [2.24, 2.45) is 0 Å². The number of benzene rings is 2. The highest BCUT2D eigenvalue weighted by Crippen LogP contribution is 2.30. The number of pyridine rings is 1. The molecule has 0 spiro atoms. The van der Waals surface area contributed by atoms with Gasteiger partial charge >= 0.3 is 0 Å². The van der Waals surface area contributed by atoms with Crippen molar-refractivity contribution in [3.63, 3.8) is 0 Å². The van der Waals surface area contributed by atoms with Crippen molar-refractivity contribution in [3.8, 4) is 11.3 Å². The highest BCUT2D eigenvalue weighted by Gasteiger charge is 2.27. The first kappa shape index (κ1) is 23.6. The summed E-state index contributed by atoms with van der Waals surface area (Å²) in [6.45, 7) is 0. The summed E-state index contributed by atoms with van der Waals surface area (Å²) in [5.41, 5.74) is 1.04. The number of hydrogen-bond acceptors (Lipinski definition) is 6. The Kier molecular flexibility index (Phi) is 5.80. The zero-order valence-electron chi connectivity index (χ0n) is 17.7. The molecule has 2 aromatic carbocycles. The van der Waals surface area contributed by atoms with E-state index in [1.165, 1.54) is 23.7 Å². The maximum Gasteiger partial charge on any atom is 0.265 e. The summed E-state index contributed by atoms with van der Waals surface area (Å²) in [5.74, 6) is -6.21. The van der Waals surface area contributed by atoms with Crippen LogP contribution in [-0.4, -0.2) is 29.2 Å². The van der Waals surface area contributed by atoms with E-state index >= 15 is 4.39 Å². The first-order valence-corrected chi connectivity index (χ1v) is 12.4. The molecule has 0 amide bonds. The Morgan fingerprint density at radius 3 is 2.53 bits per heavy atom. The number of aromatic amines is 1. The molecule has 0 unspecified atom stereocenters. The number of hydrogen-bond donors (Lipinski definition) is 2. The number of ketones is 1. The molecule has 0 aliphatic rings. The van der Waals surface area contributed by atoms with E-state index in [1.54, 1.807) is 21.7 Å². The van der Waals surface area contributed by atoms with Crippen molar-refractivity contribution in [1.82, 2.24) is 15.0 Å². The third-order valence-corrected chi connectivity index (χ3v) is 7.22. The van der Waals surface area contributed by atoms with Crippen LogP contribution in [0.1, 0.15) is 15.9 Å². The standard InChI is InChI=1S/C23H12F4N4O3S2/c24-12-1-2-15(25)19(6-12)36(33,34)31-17-4-3-16(26)20(21(17)27)22(32)14-8-29-23-13(14)5-11(7-28-23)18-9-35-10-30-18/h1-10,31H,(H,28,29). The number of nitrogens with zero attached hydrogens (tertiary/aromatic N) is 2. The Morgan fingerprint density at radius 2 is 1.78 bits per heavy atom. The minimum atomic E-state index is -4.82. The molecular weight excluding hydrogens is 520 g/mol. The van der Waals surface area contributed by atoms with Crippen LogP contribution in [0.4, 0.5) is 23.2 Å². The average Bonchev–Trinajstić information content (AvgIpc) is 3.52. The molecule has 0 aliphatic heterocycles. The van der Waals surface area contributed by atoms with Crippen molar-refractivity contribution in [2.75, 3.05) is 4.72 Å². The number of thiazole rings is 1. The number of anilines is 1. The smallest absolute Gasteiger partial charge is 0.265 e. The molecule has 0 saturated heterocycles. The molecule has 2 N–H and O–H groups in total. The van der Waals surface area contributed by atoms with Crippen molar-refractivity contribution < 1.29 is 30.8 Å². The normalized spacial score (nSPS) is 11.7. The van der Waals surface area contributed by atoms with Crippen LogP contribution in [0.15, 0.2) is 64.6 Å². The summed E-state index contributed by atoms with van der Waals surface area (Å²) in [5, 5.41) is 2.02. The van der Waals surface area contributed by atoms with E-state index in [4.69, 9.17) is 0 Å². The first-order chi connectivity index (χ1) is 17.2. The van der Waals surface area contributed by atoms with Crippen LogP contribution < -0.4 is 4.72 Å². The zero-order chi connectivity index (χ0) is 25.6. The van der Waals surface area contributed by atoms with E-state index in [-0.39, 0.29) is 16.6 Å². The molecular formula is C23H12F4N4O3S2. The van der Waals surface area contributed by atoms with Crippen LogP contribution in [-0.2, 0) is 10.0 Å². The van der Waals surface area contributed by atoms with Gasteiger partial charge in [-0.2, -0.15) is 0 Å². The summed E-state index contributed by atoms with van der Waals surface area (Å²) >= 11 is 1.35. The van der Waals surface area contributed by atoms with Crippen LogP contribution in [0.5, 0.6) is 0 Å². The van der Waals surface area contributed by atoms with Crippen LogP contribution in [0, 0.1) is 23.3 Å². The van der Waals surface area contributed by atoms with Crippen LogP contribution >= 0.6 is 11.3 Å². The highest BCUT2D eigenvalue weighted by atomic mass is 32.2. The summed E-state index contributed by atoms with van der Waals surface area (Å²) < 4.78 is 84.3. The highest BCUT2D eigenvalue weighted by molar-refractivity contribution is 7.92. The average molecular weight is 533 g/mol. The van der Waals surface area contributed by atoms with Crippen molar-refractivity contribution >= 4 is 43.9 Å². The number of aromatic nitrogens is 3. The van der Waals surface area contributed by atoms with E-state index in [0.717, 1.165) is 6.07 Å². The fraction of sp³-hybridized carbons (Fsp3) is 0. The number of carbonyl (C=O) groups excluding carboxylic acids is 1. The number of rotatable bonds is 6. The molecule has 0 radical (unpaired) electrons. The van der Waals surface area contributed by atoms with Crippen molar-refractivity contribution in [1.29, 1.82) is 0 Å². The second-order valence-corrected chi connectivity index (χ2v) is 9.86. The van der Waals surface area contributed by atoms with E-state index in [9.17, 15) is 26.4 Å². The Balaban J connectivity index is 1.56. The monoisotopic (exact) mass is 532 g/mol. The van der Waals surface area contributed by atoms with Gasteiger partial charge in [0.25, 0.3) is 10.0 Å². The van der Waals surface area contributed by atoms with Gasteiger partial charge in [-0.15, -0.1) is 11.3 Å². The third kappa shape index (κ3) is 4.12. The van der Waals surface area contributed by atoms with E-state index < -0.39 is 55.2 Å². The molecule has 0 atom stereocenters. The van der Waals surface area contributed by atoms with Crippen LogP contribution in [0.3, 0.4) is 0 Å². The lowest BCUT2D eigenvalue weighted by Crippen LogP contribution is -2.17. The van der Waals surface area contributed by atoms with Gasteiger partial charge in [0.05, 0.1) is 22.5 Å². The summed E-state index contributed by atoms with van der Waals surface area (Å²) in [6.07, 6.45) is 2.74. The number of fused-ring (bicyclic) bond motifs is 1. The third-order valence-electron chi connectivity index (χ3n) is 5.25. The molecule has 7 nitrogen and oxygen atoms in total. The maximum absolute atomic E-state index is 15.3. The molecule has 0 bridgehead atoms. The molecule has 0 aliphatic carbocycles. The van der Waals surface area contributed by atoms with Gasteiger partial charge in [-0.1, -0.05) is 0 Å². The molecule has 3 aromatic heterocycles. The predicted octanol–water partition coefficient (Wildman–Crippen LogP) is 5.27. The Hall–Kier alpha value is -4.10. The molecule has 36 heavy (non-hydrogen) atoms. The van der Waals surface area contributed by atoms with Gasteiger partial charge in [0.1, 0.15) is 28.0 Å². The second kappa shape index (κ2) is 8.84. The second-order valence-electron chi connectivity index (χ2n) is 7.49.